The van der Waals surface area contributed by atoms with Crippen LogP contribution in [0.1, 0.15) is 34.2 Å². The second-order valence-electron chi connectivity index (χ2n) is 5.77. The van der Waals surface area contributed by atoms with Gasteiger partial charge in [0.1, 0.15) is 5.82 Å². The smallest absolute Gasteiger partial charge is 0.358 e. The van der Waals surface area contributed by atoms with Gasteiger partial charge in [-0.05, 0) is 36.8 Å². The third-order valence-electron chi connectivity index (χ3n) is 3.89. The lowest BCUT2D eigenvalue weighted by Crippen LogP contribution is -2.13. The molecule has 27 heavy (non-hydrogen) atoms. The summed E-state index contributed by atoms with van der Waals surface area (Å²) in [5.41, 5.74) is 3.00. The van der Waals surface area contributed by atoms with Crippen LogP contribution in [0.3, 0.4) is 0 Å². The first-order chi connectivity index (χ1) is 13.1. The van der Waals surface area contributed by atoms with E-state index in [1.165, 1.54) is 18.3 Å². The molecule has 1 aromatic heterocycles. The van der Waals surface area contributed by atoms with Crippen LogP contribution in [0.25, 0.3) is 11.3 Å². The Balaban J connectivity index is 2.02. The predicted molar refractivity (Wildman–Crippen MR) is 97.3 cm³/mol. The van der Waals surface area contributed by atoms with Gasteiger partial charge >= 0.3 is 5.97 Å². The van der Waals surface area contributed by atoms with Gasteiger partial charge in [-0.25, -0.2) is 19.2 Å². The van der Waals surface area contributed by atoms with Crippen molar-refractivity contribution in [2.75, 3.05) is 6.61 Å². The lowest BCUT2D eigenvalue weighted by molar-refractivity contribution is 0.0517. The molecule has 134 valence electrons. The van der Waals surface area contributed by atoms with Crippen molar-refractivity contribution >= 4 is 5.97 Å². The van der Waals surface area contributed by atoms with Gasteiger partial charge in [-0.2, -0.15) is 5.26 Å². The summed E-state index contributed by atoms with van der Waals surface area (Å²) >= 11 is 0. The van der Waals surface area contributed by atoms with Gasteiger partial charge < -0.3 is 4.74 Å². The van der Waals surface area contributed by atoms with Crippen molar-refractivity contribution in [3.63, 3.8) is 0 Å². The standard InChI is InChI=1S/C21H16FN3O2/c1-2-27-21(26)20-18(10-14-6-8-15(12-23)9-7-14)25-19(13-24-20)16-4-3-5-17(22)11-16/h3-9,11,13H,2,10H2,1H3. The quantitative estimate of drug-likeness (QED) is 0.644. The van der Waals surface area contributed by atoms with E-state index < -0.39 is 5.97 Å². The second-order valence-corrected chi connectivity index (χ2v) is 5.77. The molecule has 0 saturated heterocycles. The molecule has 0 aliphatic carbocycles. The van der Waals surface area contributed by atoms with Crippen LogP contribution in [-0.4, -0.2) is 22.5 Å². The Labute approximate surface area is 156 Å². The molecular formula is C21H16FN3O2. The maximum absolute atomic E-state index is 13.5. The Morgan fingerprint density at radius 3 is 2.67 bits per heavy atom. The van der Waals surface area contributed by atoms with Gasteiger partial charge in [0.15, 0.2) is 5.69 Å². The van der Waals surface area contributed by atoms with E-state index in [1.807, 2.05) is 0 Å². The summed E-state index contributed by atoms with van der Waals surface area (Å²) in [7, 11) is 0. The fourth-order valence-electron chi connectivity index (χ4n) is 2.60. The summed E-state index contributed by atoms with van der Waals surface area (Å²) < 4.78 is 18.6. The number of nitriles is 1. The van der Waals surface area contributed by atoms with Crippen LogP contribution in [-0.2, 0) is 11.2 Å². The highest BCUT2D eigenvalue weighted by atomic mass is 19.1. The molecule has 0 spiro atoms. The molecule has 0 radical (unpaired) electrons. The number of aromatic nitrogens is 2. The SMILES string of the molecule is CCOC(=O)c1ncc(-c2cccc(F)c2)nc1Cc1ccc(C#N)cc1. The number of esters is 1. The number of carbonyl (C=O) groups excluding carboxylic acids is 1. The second kappa shape index (κ2) is 8.19. The van der Waals surface area contributed by atoms with Crippen molar-refractivity contribution in [1.29, 1.82) is 5.26 Å². The fraction of sp³-hybridized carbons (Fsp3) is 0.143. The average molecular weight is 361 g/mol. The van der Waals surface area contributed by atoms with Crippen LogP contribution < -0.4 is 0 Å². The highest BCUT2D eigenvalue weighted by Gasteiger charge is 2.18. The minimum absolute atomic E-state index is 0.126. The van der Waals surface area contributed by atoms with E-state index in [9.17, 15) is 9.18 Å². The number of halogens is 1. The first-order valence-corrected chi connectivity index (χ1v) is 8.38. The maximum Gasteiger partial charge on any atom is 0.358 e. The highest BCUT2D eigenvalue weighted by Crippen LogP contribution is 2.21. The molecule has 0 bridgehead atoms. The Kier molecular flexibility index (Phi) is 5.53. The first kappa shape index (κ1) is 18.2. The number of hydrogen-bond acceptors (Lipinski definition) is 5. The monoisotopic (exact) mass is 361 g/mol. The molecule has 0 aliphatic heterocycles. The maximum atomic E-state index is 13.5. The molecule has 6 heteroatoms. The van der Waals surface area contributed by atoms with Crippen LogP contribution in [0, 0.1) is 17.1 Å². The molecule has 5 nitrogen and oxygen atoms in total. The molecule has 1 heterocycles. The van der Waals surface area contributed by atoms with Crippen molar-refractivity contribution in [2.45, 2.75) is 13.3 Å². The Bertz CT molecular complexity index is 1010. The van der Waals surface area contributed by atoms with Crippen LogP contribution in [0.5, 0.6) is 0 Å². The molecule has 0 aliphatic rings. The lowest BCUT2D eigenvalue weighted by Gasteiger charge is -2.10. The van der Waals surface area contributed by atoms with E-state index >= 15 is 0 Å². The van der Waals surface area contributed by atoms with E-state index in [2.05, 4.69) is 16.0 Å². The number of hydrogen-bond donors (Lipinski definition) is 0. The number of benzene rings is 2. The van der Waals surface area contributed by atoms with Gasteiger partial charge in [0.25, 0.3) is 0 Å². The van der Waals surface area contributed by atoms with Gasteiger partial charge in [-0.1, -0.05) is 24.3 Å². The molecule has 0 saturated carbocycles. The van der Waals surface area contributed by atoms with Gasteiger partial charge in [0, 0.05) is 12.0 Å². The van der Waals surface area contributed by atoms with E-state index in [-0.39, 0.29) is 18.1 Å². The molecule has 2 aromatic carbocycles. The van der Waals surface area contributed by atoms with Crippen LogP contribution in [0.15, 0.2) is 54.7 Å². The number of nitrogens with zero attached hydrogens (tertiary/aromatic N) is 3. The molecular weight excluding hydrogens is 345 g/mol. The lowest BCUT2D eigenvalue weighted by atomic mass is 10.1. The third kappa shape index (κ3) is 4.33. The number of ether oxygens (including phenoxy) is 1. The minimum atomic E-state index is -0.556. The Morgan fingerprint density at radius 1 is 1.22 bits per heavy atom. The molecule has 0 N–H and O–H groups in total. The van der Waals surface area contributed by atoms with E-state index in [1.54, 1.807) is 43.3 Å². The number of carbonyl (C=O) groups is 1. The normalized spacial score (nSPS) is 10.3. The fourth-order valence-corrected chi connectivity index (χ4v) is 2.60. The molecule has 0 amide bonds. The molecule has 0 fully saturated rings. The predicted octanol–water partition coefficient (Wildman–Crippen LogP) is 3.92. The van der Waals surface area contributed by atoms with Crippen molar-refractivity contribution in [2.24, 2.45) is 0 Å². The summed E-state index contributed by atoms with van der Waals surface area (Å²) in [4.78, 5) is 21.0. The molecule has 3 rings (SSSR count). The summed E-state index contributed by atoms with van der Waals surface area (Å²) in [5, 5.41) is 8.91. The summed E-state index contributed by atoms with van der Waals surface area (Å²) in [6, 6.07) is 15.1. The minimum Gasteiger partial charge on any atom is -0.461 e. The number of rotatable bonds is 5. The highest BCUT2D eigenvalue weighted by molar-refractivity contribution is 5.88. The third-order valence-corrected chi connectivity index (χ3v) is 3.89. The molecule has 0 unspecified atom stereocenters. The van der Waals surface area contributed by atoms with Crippen molar-refractivity contribution < 1.29 is 13.9 Å². The Hall–Kier alpha value is -3.59. The van der Waals surface area contributed by atoms with Crippen molar-refractivity contribution in [1.82, 2.24) is 9.97 Å². The van der Waals surface area contributed by atoms with E-state index in [4.69, 9.17) is 10.00 Å². The van der Waals surface area contributed by atoms with Gasteiger partial charge in [0.05, 0.1) is 35.8 Å². The molecule has 3 aromatic rings. The van der Waals surface area contributed by atoms with Gasteiger partial charge in [-0.15, -0.1) is 0 Å². The van der Waals surface area contributed by atoms with Gasteiger partial charge in [-0.3, -0.25) is 0 Å². The first-order valence-electron chi connectivity index (χ1n) is 8.38. The van der Waals surface area contributed by atoms with Crippen molar-refractivity contribution in [3.05, 3.63) is 83.1 Å². The summed E-state index contributed by atoms with van der Waals surface area (Å²) in [5.74, 6) is -0.933. The van der Waals surface area contributed by atoms with Crippen LogP contribution in [0.2, 0.25) is 0 Å². The topological polar surface area (TPSA) is 75.9 Å². The zero-order chi connectivity index (χ0) is 19.2. The zero-order valence-electron chi connectivity index (χ0n) is 14.6. The van der Waals surface area contributed by atoms with Crippen molar-refractivity contribution in [3.8, 4) is 17.3 Å². The van der Waals surface area contributed by atoms with Crippen LogP contribution >= 0.6 is 0 Å². The van der Waals surface area contributed by atoms with E-state index in [0.717, 1.165) is 5.56 Å². The summed E-state index contributed by atoms with van der Waals surface area (Å²) in [6.07, 6.45) is 1.76. The van der Waals surface area contributed by atoms with E-state index in [0.29, 0.717) is 28.9 Å². The van der Waals surface area contributed by atoms with Gasteiger partial charge in [0.2, 0.25) is 0 Å². The molecule has 0 atom stereocenters. The average Bonchev–Trinajstić information content (AvgIpc) is 2.68. The zero-order valence-corrected chi connectivity index (χ0v) is 14.6. The Morgan fingerprint density at radius 2 is 2.00 bits per heavy atom. The van der Waals surface area contributed by atoms with Crippen LogP contribution in [0.4, 0.5) is 4.39 Å². The largest absolute Gasteiger partial charge is 0.461 e. The summed E-state index contributed by atoms with van der Waals surface area (Å²) in [6.45, 7) is 1.94.